The van der Waals surface area contributed by atoms with Crippen molar-refractivity contribution in [1.29, 1.82) is 0 Å². The van der Waals surface area contributed by atoms with Gasteiger partial charge in [0.05, 0.1) is 10.6 Å². The van der Waals surface area contributed by atoms with Crippen LogP contribution < -0.4 is 5.32 Å². The van der Waals surface area contributed by atoms with Gasteiger partial charge in [0.1, 0.15) is 0 Å². The molecule has 0 radical (unpaired) electrons. The summed E-state index contributed by atoms with van der Waals surface area (Å²) < 4.78 is 0.741. The van der Waals surface area contributed by atoms with Gasteiger partial charge < -0.3 is 5.32 Å². The number of benzene rings is 2. The fourth-order valence-electron chi connectivity index (χ4n) is 2.76. The highest BCUT2D eigenvalue weighted by Crippen LogP contribution is 2.27. The molecule has 2 aromatic carbocycles. The van der Waals surface area contributed by atoms with Crippen LogP contribution in [0, 0.1) is 0 Å². The second-order valence-corrected chi connectivity index (χ2v) is 6.52. The Kier molecular flexibility index (Phi) is 4.32. The first-order valence-corrected chi connectivity index (χ1v) is 8.14. The molecular formula is C17H15BrClNO. The van der Waals surface area contributed by atoms with Crippen molar-refractivity contribution < 1.29 is 4.79 Å². The number of carbonyl (C=O) groups excluding carboxylic acids is 1. The SMILES string of the molecule is O=C(NC1CCc2ccccc2C1)c1cccc(Br)c1Cl. The van der Waals surface area contributed by atoms with Gasteiger partial charge in [-0.1, -0.05) is 41.9 Å². The van der Waals surface area contributed by atoms with E-state index in [2.05, 4.69) is 39.4 Å². The van der Waals surface area contributed by atoms with Crippen LogP contribution in [-0.4, -0.2) is 11.9 Å². The standard InChI is InChI=1S/C17H15BrClNO/c18-15-7-3-6-14(16(15)19)17(21)20-13-9-8-11-4-1-2-5-12(11)10-13/h1-7,13H,8-10H2,(H,20,21). The van der Waals surface area contributed by atoms with E-state index in [-0.39, 0.29) is 11.9 Å². The Balaban J connectivity index is 1.73. The van der Waals surface area contributed by atoms with Crippen LogP contribution >= 0.6 is 27.5 Å². The lowest BCUT2D eigenvalue weighted by Gasteiger charge is -2.25. The number of aryl methyl sites for hydroxylation is 1. The van der Waals surface area contributed by atoms with E-state index in [1.54, 1.807) is 6.07 Å². The number of hydrogen-bond donors (Lipinski definition) is 1. The van der Waals surface area contributed by atoms with E-state index >= 15 is 0 Å². The molecule has 1 unspecified atom stereocenters. The van der Waals surface area contributed by atoms with Crippen LogP contribution in [0.3, 0.4) is 0 Å². The molecule has 1 atom stereocenters. The largest absolute Gasteiger partial charge is 0.349 e. The highest BCUT2D eigenvalue weighted by molar-refractivity contribution is 9.10. The van der Waals surface area contributed by atoms with Crippen LogP contribution in [0.1, 0.15) is 27.9 Å². The first-order chi connectivity index (χ1) is 10.1. The van der Waals surface area contributed by atoms with Gasteiger partial charge in [-0.25, -0.2) is 0 Å². The van der Waals surface area contributed by atoms with E-state index in [9.17, 15) is 4.79 Å². The second kappa shape index (κ2) is 6.20. The topological polar surface area (TPSA) is 29.1 Å². The van der Waals surface area contributed by atoms with Crippen LogP contribution in [-0.2, 0) is 12.8 Å². The van der Waals surface area contributed by atoms with Crippen molar-refractivity contribution >= 4 is 33.4 Å². The van der Waals surface area contributed by atoms with E-state index < -0.39 is 0 Å². The van der Waals surface area contributed by atoms with E-state index in [1.807, 2.05) is 18.2 Å². The van der Waals surface area contributed by atoms with Gasteiger partial charge in [-0.05, 0) is 58.5 Å². The zero-order valence-electron chi connectivity index (χ0n) is 11.4. The Morgan fingerprint density at radius 1 is 1.14 bits per heavy atom. The van der Waals surface area contributed by atoms with Gasteiger partial charge in [-0.2, -0.15) is 0 Å². The summed E-state index contributed by atoms with van der Waals surface area (Å²) in [6.45, 7) is 0. The summed E-state index contributed by atoms with van der Waals surface area (Å²) in [4.78, 5) is 12.4. The molecule has 1 amide bonds. The van der Waals surface area contributed by atoms with Crippen molar-refractivity contribution in [2.75, 3.05) is 0 Å². The molecule has 0 aliphatic heterocycles. The smallest absolute Gasteiger partial charge is 0.253 e. The van der Waals surface area contributed by atoms with Crippen LogP contribution in [0.5, 0.6) is 0 Å². The molecule has 0 saturated heterocycles. The highest BCUT2D eigenvalue weighted by atomic mass is 79.9. The van der Waals surface area contributed by atoms with E-state index in [4.69, 9.17) is 11.6 Å². The number of carbonyl (C=O) groups is 1. The number of hydrogen-bond acceptors (Lipinski definition) is 1. The quantitative estimate of drug-likeness (QED) is 0.841. The Morgan fingerprint density at radius 3 is 2.71 bits per heavy atom. The molecule has 1 N–H and O–H groups in total. The predicted molar refractivity (Wildman–Crippen MR) is 88.9 cm³/mol. The Hall–Kier alpha value is -1.32. The molecule has 3 rings (SSSR count). The van der Waals surface area contributed by atoms with Crippen LogP contribution in [0.25, 0.3) is 0 Å². The third kappa shape index (κ3) is 3.14. The average molecular weight is 365 g/mol. The van der Waals surface area contributed by atoms with Crippen LogP contribution in [0.2, 0.25) is 5.02 Å². The average Bonchev–Trinajstić information content (AvgIpc) is 2.50. The lowest BCUT2D eigenvalue weighted by Crippen LogP contribution is -2.38. The monoisotopic (exact) mass is 363 g/mol. The molecule has 1 aliphatic carbocycles. The maximum absolute atomic E-state index is 12.4. The summed E-state index contributed by atoms with van der Waals surface area (Å²) in [5.74, 6) is -0.106. The third-order valence-electron chi connectivity index (χ3n) is 3.88. The molecule has 0 spiro atoms. The summed E-state index contributed by atoms with van der Waals surface area (Å²) in [5.41, 5.74) is 3.24. The number of halogens is 2. The van der Waals surface area contributed by atoms with Gasteiger partial charge >= 0.3 is 0 Å². The van der Waals surface area contributed by atoms with Gasteiger partial charge in [0, 0.05) is 10.5 Å². The fourth-order valence-corrected chi connectivity index (χ4v) is 3.34. The molecule has 0 bridgehead atoms. The molecule has 21 heavy (non-hydrogen) atoms. The minimum absolute atomic E-state index is 0.106. The molecule has 0 fully saturated rings. The van der Waals surface area contributed by atoms with Gasteiger partial charge in [0.15, 0.2) is 0 Å². The van der Waals surface area contributed by atoms with Gasteiger partial charge in [0.2, 0.25) is 0 Å². The normalized spacial score (nSPS) is 17.1. The van der Waals surface area contributed by atoms with E-state index in [0.29, 0.717) is 10.6 Å². The van der Waals surface area contributed by atoms with Crippen LogP contribution in [0.4, 0.5) is 0 Å². The maximum atomic E-state index is 12.4. The first kappa shape index (κ1) is 14.6. The molecule has 108 valence electrons. The second-order valence-electron chi connectivity index (χ2n) is 5.28. The molecule has 4 heteroatoms. The number of rotatable bonds is 2. The zero-order chi connectivity index (χ0) is 14.8. The lowest BCUT2D eigenvalue weighted by atomic mass is 9.88. The van der Waals surface area contributed by atoms with Crippen molar-refractivity contribution in [3.63, 3.8) is 0 Å². The van der Waals surface area contributed by atoms with Crippen molar-refractivity contribution in [1.82, 2.24) is 5.32 Å². The van der Waals surface area contributed by atoms with Crippen molar-refractivity contribution in [3.05, 3.63) is 68.7 Å². The Labute approximate surface area is 137 Å². The lowest BCUT2D eigenvalue weighted by molar-refractivity contribution is 0.0934. The van der Waals surface area contributed by atoms with Crippen molar-refractivity contribution in [3.8, 4) is 0 Å². The first-order valence-electron chi connectivity index (χ1n) is 6.97. The predicted octanol–water partition coefficient (Wildman–Crippen LogP) is 4.39. The Morgan fingerprint density at radius 2 is 1.90 bits per heavy atom. The minimum Gasteiger partial charge on any atom is -0.349 e. The van der Waals surface area contributed by atoms with Gasteiger partial charge in [-0.15, -0.1) is 0 Å². The molecule has 2 nitrogen and oxygen atoms in total. The summed E-state index contributed by atoms with van der Waals surface area (Å²) in [6, 6.07) is 14.0. The Bertz CT molecular complexity index is 686. The van der Waals surface area contributed by atoms with Gasteiger partial charge in [-0.3, -0.25) is 4.79 Å². The number of nitrogens with one attached hydrogen (secondary N) is 1. The molecule has 1 aliphatic rings. The molecule has 0 aromatic heterocycles. The molecule has 2 aromatic rings. The summed E-state index contributed by atoms with van der Waals surface area (Å²) in [6.07, 6.45) is 2.86. The van der Waals surface area contributed by atoms with E-state index in [1.165, 1.54) is 11.1 Å². The third-order valence-corrected chi connectivity index (χ3v) is 5.17. The fraction of sp³-hybridized carbons (Fsp3) is 0.235. The van der Waals surface area contributed by atoms with E-state index in [0.717, 1.165) is 23.7 Å². The number of amides is 1. The summed E-state index contributed by atoms with van der Waals surface area (Å²) >= 11 is 9.53. The van der Waals surface area contributed by atoms with Gasteiger partial charge in [0.25, 0.3) is 5.91 Å². The summed E-state index contributed by atoms with van der Waals surface area (Å²) in [7, 11) is 0. The highest BCUT2D eigenvalue weighted by Gasteiger charge is 2.21. The van der Waals surface area contributed by atoms with Crippen molar-refractivity contribution in [2.45, 2.75) is 25.3 Å². The molecule has 0 saturated carbocycles. The molecular weight excluding hydrogens is 350 g/mol. The maximum Gasteiger partial charge on any atom is 0.253 e. The zero-order valence-corrected chi connectivity index (χ0v) is 13.7. The minimum atomic E-state index is -0.106. The number of fused-ring (bicyclic) bond motifs is 1. The van der Waals surface area contributed by atoms with Crippen molar-refractivity contribution in [2.24, 2.45) is 0 Å². The summed E-state index contributed by atoms with van der Waals surface area (Å²) in [5, 5.41) is 3.56. The van der Waals surface area contributed by atoms with Crippen LogP contribution in [0.15, 0.2) is 46.9 Å². The molecule has 0 heterocycles.